The molecule has 0 aliphatic rings. The van der Waals surface area contributed by atoms with E-state index in [4.69, 9.17) is 5.73 Å². The molecule has 0 saturated heterocycles. The minimum Gasteiger partial charge on any atom is -0.351 e. The smallest absolute Gasteiger partial charge is 0.233 e. The molecule has 1 aromatic carbocycles. The quantitative estimate of drug-likeness (QED) is 0.833. The van der Waals surface area contributed by atoms with E-state index >= 15 is 0 Å². The van der Waals surface area contributed by atoms with Crippen molar-refractivity contribution in [3.63, 3.8) is 0 Å². The maximum Gasteiger partial charge on any atom is 0.233 e. The number of thioether (sulfide) groups is 1. The van der Waals surface area contributed by atoms with Gasteiger partial charge in [0.15, 0.2) is 0 Å². The Morgan fingerprint density at radius 3 is 2.16 bits per heavy atom. The predicted molar refractivity (Wildman–Crippen MR) is 82.3 cm³/mol. The molecule has 0 radical (unpaired) electrons. The summed E-state index contributed by atoms with van der Waals surface area (Å²) in [5, 5.41) is 2.88. The van der Waals surface area contributed by atoms with Gasteiger partial charge >= 0.3 is 0 Å². The van der Waals surface area contributed by atoms with Gasteiger partial charge in [0.25, 0.3) is 0 Å². The van der Waals surface area contributed by atoms with Crippen LogP contribution in [0.4, 0.5) is 0 Å². The van der Waals surface area contributed by atoms with Crippen molar-refractivity contribution in [1.29, 1.82) is 0 Å². The number of amides is 1. The third-order valence-corrected chi connectivity index (χ3v) is 3.70. The van der Waals surface area contributed by atoms with Crippen LogP contribution in [-0.2, 0) is 4.79 Å². The van der Waals surface area contributed by atoms with Gasteiger partial charge in [-0.1, -0.05) is 12.1 Å². The average Bonchev–Trinajstić information content (AvgIpc) is 2.27. The summed E-state index contributed by atoms with van der Waals surface area (Å²) < 4.78 is 0. The molecule has 0 spiro atoms. The SMILES string of the molecule is CC(Sc1ccc(C(C)N)cc1)C(=O)NC(C)(C)C. The van der Waals surface area contributed by atoms with Gasteiger partial charge in [0, 0.05) is 16.5 Å². The lowest BCUT2D eigenvalue weighted by Gasteiger charge is -2.23. The first-order valence-electron chi connectivity index (χ1n) is 6.53. The lowest BCUT2D eigenvalue weighted by atomic mass is 10.1. The summed E-state index contributed by atoms with van der Waals surface area (Å²) >= 11 is 1.56. The third-order valence-electron chi connectivity index (χ3n) is 2.59. The number of hydrogen-bond donors (Lipinski definition) is 2. The molecule has 19 heavy (non-hydrogen) atoms. The van der Waals surface area contributed by atoms with E-state index < -0.39 is 0 Å². The molecule has 0 heterocycles. The molecular formula is C15H24N2OS. The molecule has 0 aliphatic carbocycles. The summed E-state index contributed by atoms with van der Waals surface area (Å²) in [6, 6.07) is 8.11. The Morgan fingerprint density at radius 1 is 1.21 bits per heavy atom. The van der Waals surface area contributed by atoms with Crippen molar-refractivity contribution in [3.05, 3.63) is 29.8 Å². The first-order valence-corrected chi connectivity index (χ1v) is 7.41. The summed E-state index contributed by atoms with van der Waals surface area (Å²) in [5.41, 5.74) is 6.73. The Labute approximate surface area is 120 Å². The largest absolute Gasteiger partial charge is 0.351 e. The second kappa shape index (κ2) is 6.44. The van der Waals surface area contributed by atoms with Gasteiger partial charge in [-0.2, -0.15) is 0 Å². The summed E-state index contributed by atoms with van der Waals surface area (Å²) in [4.78, 5) is 13.1. The lowest BCUT2D eigenvalue weighted by Crippen LogP contribution is -2.44. The third kappa shape index (κ3) is 5.66. The number of hydrogen-bond acceptors (Lipinski definition) is 3. The Kier molecular flexibility index (Phi) is 5.44. The molecule has 0 aromatic heterocycles. The second-order valence-corrected chi connectivity index (χ2v) is 7.27. The van der Waals surface area contributed by atoms with Crippen LogP contribution < -0.4 is 11.1 Å². The van der Waals surface area contributed by atoms with E-state index in [0.29, 0.717) is 0 Å². The maximum atomic E-state index is 12.0. The fourth-order valence-corrected chi connectivity index (χ4v) is 2.45. The van der Waals surface area contributed by atoms with Crippen LogP contribution >= 0.6 is 11.8 Å². The molecule has 1 amide bonds. The number of carbonyl (C=O) groups excluding carboxylic acids is 1. The van der Waals surface area contributed by atoms with Crippen molar-refractivity contribution >= 4 is 17.7 Å². The molecule has 2 unspecified atom stereocenters. The zero-order chi connectivity index (χ0) is 14.6. The molecule has 4 heteroatoms. The van der Waals surface area contributed by atoms with Crippen LogP contribution in [0.25, 0.3) is 0 Å². The summed E-state index contributed by atoms with van der Waals surface area (Å²) in [7, 11) is 0. The number of nitrogens with two attached hydrogens (primary N) is 1. The minimum absolute atomic E-state index is 0.0423. The standard InChI is InChI=1S/C15H24N2OS/c1-10(16)12-6-8-13(9-7-12)19-11(2)14(18)17-15(3,4)5/h6-11H,16H2,1-5H3,(H,17,18). The Bertz CT molecular complexity index is 421. The van der Waals surface area contributed by atoms with Crippen LogP contribution in [0.2, 0.25) is 0 Å². The molecule has 0 aliphatic heterocycles. The highest BCUT2D eigenvalue weighted by Crippen LogP contribution is 2.25. The van der Waals surface area contributed by atoms with E-state index in [9.17, 15) is 4.79 Å². The first-order chi connectivity index (χ1) is 8.69. The van der Waals surface area contributed by atoms with Crippen molar-refractivity contribution in [3.8, 4) is 0 Å². The number of benzene rings is 1. The van der Waals surface area contributed by atoms with Crippen LogP contribution in [0.1, 0.15) is 46.2 Å². The Hall–Kier alpha value is -1.00. The molecule has 0 bridgehead atoms. The zero-order valence-corrected chi connectivity index (χ0v) is 13.2. The fraction of sp³-hybridized carbons (Fsp3) is 0.533. The van der Waals surface area contributed by atoms with Gasteiger partial charge < -0.3 is 11.1 Å². The van der Waals surface area contributed by atoms with Gasteiger partial charge in [-0.05, 0) is 52.3 Å². The van der Waals surface area contributed by atoms with Gasteiger partial charge in [-0.15, -0.1) is 11.8 Å². The zero-order valence-electron chi connectivity index (χ0n) is 12.4. The highest BCUT2D eigenvalue weighted by atomic mass is 32.2. The Morgan fingerprint density at radius 2 is 1.74 bits per heavy atom. The van der Waals surface area contributed by atoms with E-state index in [2.05, 4.69) is 5.32 Å². The van der Waals surface area contributed by atoms with Crippen molar-refractivity contribution in [2.24, 2.45) is 5.73 Å². The molecule has 0 saturated carbocycles. The number of rotatable bonds is 4. The Balaban J connectivity index is 2.61. The molecule has 2 atom stereocenters. The van der Waals surface area contributed by atoms with E-state index in [1.165, 1.54) is 0 Å². The normalized spacial score (nSPS) is 14.8. The molecule has 106 valence electrons. The predicted octanol–water partition coefficient (Wildman–Crippen LogP) is 3.10. The van der Waals surface area contributed by atoms with Gasteiger partial charge in [0.1, 0.15) is 0 Å². The fourth-order valence-electron chi connectivity index (χ4n) is 1.58. The second-order valence-electron chi connectivity index (χ2n) is 5.86. The number of nitrogens with one attached hydrogen (secondary N) is 1. The van der Waals surface area contributed by atoms with Gasteiger partial charge in [-0.3, -0.25) is 4.79 Å². The van der Waals surface area contributed by atoms with Crippen molar-refractivity contribution in [2.75, 3.05) is 0 Å². The highest BCUT2D eigenvalue weighted by Gasteiger charge is 2.19. The van der Waals surface area contributed by atoms with E-state index in [0.717, 1.165) is 10.5 Å². The minimum atomic E-state index is -0.190. The van der Waals surface area contributed by atoms with Crippen LogP contribution in [0.5, 0.6) is 0 Å². The van der Waals surface area contributed by atoms with E-state index in [1.54, 1.807) is 11.8 Å². The topological polar surface area (TPSA) is 55.1 Å². The monoisotopic (exact) mass is 280 g/mol. The summed E-state index contributed by atoms with van der Waals surface area (Å²) in [6.45, 7) is 9.84. The average molecular weight is 280 g/mol. The summed E-state index contributed by atoms with van der Waals surface area (Å²) in [5.74, 6) is 0.0637. The summed E-state index contributed by atoms with van der Waals surface area (Å²) in [6.07, 6.45) is 0. The van der Waals surface area contributed by atoms with Gasteiger partial charge in [0.2, 0.25) is 5.91 Å². The molecular weight excluding hydrogens is 256 g/mol. The maximum absolute atomic E-state index is 12.0. The highest BCUT2D eigenvalue weighted by molar-refractivity contribution is 8.00. The molecule has 3 nitrogen and oxygen atoms in total. The van der Waals surface area contributed by atoms with Crippen LogP contribution in [-0.4, -0.2) is 16.7 Å². The van der Waals surface area contributed by atoms with Crippen LogP contribution in [0.3, 0.4) is 0 Å². The van der Waals surface area contributed by atoms with E-state index in [1.807, 2.05) is 58.9 Å². The van der Waals surface area contributed by atoms with Gasteiger partial charge in [0.05, 0.1) is 5.25 Å². The lowest BCUT2D eigenvalue weighted by molar-refractivity contribution is -0.121. The van der Waals surface area contributed by atoms with Crippen molar-refractivity contribution in [1.82, 2.24) is 5.32 Å². The first kappa shape index (κ1) is 16.1. The molecule has 3 N–H and O–H groups in total. The van der Waals surface area contributed by atoms with Gasteiger partial charge in [-0.25, -0.2) is 0 Å². The van der Waals surface area contributed by atoms with Crippen molar-refractivity contribution in [2.45, 2.75) is 56.3 Å². The van der Waals surface area contributed by atoms with Crippen LogP contribution in [0.15, 0.2) is 29.2 Å². The number of carbonyl (C=O) groups is 1. The molecule has 1 rings (SSSR count). The molecule has 0 fully saturated rings. The molecule has 1 aromatic rings. The van der Waals surface area contributed by atoms with Crippen LogP contribution in [0, 0.1) is 0 Å². The van der Waals surface area contributed by atoms with E-state index in [-0.39, 0.29) is 22.7 Å². The van der Waals surface area contributed by atoms with Crippen molar-refractivity contribution < 1.29 is 4.79 Å².